The number of fused-ring (bicyclic) bond motifs is 2. The van der Waals surface area contributed by atoms with Gasteiger partial charge in [0.1, 0.15) is 11.2 Å². The van der Waals surface area contributed by atoms with E-state index >= 15 is 0 Å². The largest absolute Gasteiger partial charge is 0.335 e. The first-order chi connectivity index (χ1) is 18.5. The molecule has 0 aliphatic carbocycles. The zero-order chi connectivity index (χ0) is 26.1. The molecule has 2 N–H and O–H groups in total. The first-order valence-corrected chi connectivity index (χ1v) is 12.7. The van der Waals surface area contributed by atoms with Crippen LogP contribution in [0.1, 0.15) is 37.2 Å². The molecule has 6 rings (SSSR count). The van der Waals surface area contributed by atoms with Gasteiger partial charge in [-0.1, -0.05) is 32.0 Å². The number of amides is 1. The van der Waals surface area contributed by atoms with Gasteiger partial charge in [0.05, 0.1) is 23.6 Å². The molecule has 8 nitrogen and oxygen atoms in total. The van der Waals surface area contributed by atoms with E-state index in [1.165, 1.54) is 5.56 Å². The van der Waals surface area contributed by atoms with Gasteiger partial charge < -0.3 is 10.3 Å². The molecule has 1 amide bonds. The Kier molecular flexibility index (Phi) is 6.21. The van der Waals surface area contributed by atoms with Crippen LogP contribution in [0.2, 0.25) is 0 Å². The lowest BCUT2D eigenvalue weighted by Crippen LogP contribution is -2.15. The number of carbonyl (C=O) groups excluding carboxylic acids is 1. The number of hydrogen-bond acceptors (Lipinski definition) is 6. The van der Waals surface area contributed by atoms with Crippen molar-refractivity contribution >= 4 is 28.3 Å². The van der Waals surface area contributed by atoms with Crippen LogP contribution >= 0.6 is 0 Å². The van der Waals surface area contributed by atoms with Crippen LogP contribution in [-0.4, -0.2) is 43.1 Å². The van der Waals surface area contributed by atoms with Crippen molar-refractivity contribution in [3.05, 3.63) is 90.5 Å². The molecular formula is C30H27N7O. The van der Waals surface area contributed by atoms with E-state index < -0.39 is 0 Å². The summed E-state index contributed by atoms with van der Waals surface area (Å²) in [6.07, 6.45) is 12.0. The highest BCUT2D eigenvalue weighted by Gasteiger charge is 2.21. The van der Waals surface area contributed by atoms with Crippen molar-refractivity contribution in [2.45, 2.75) is 26.7 Å². The second-order valence-electron chi connectivity index (χ2n) is 9.87. The fourth-order valence-electron chi connectivity index (χ4n) is 4.80. The number of pyridine rings is 3. The molecule has 0 fully saturated rings. The van der Waals surface area contributed by atoms with Gasteiger partial charge in [0.25, 0.3) is 0 Å². The lowest BCUT2D eigenvalue weighted by atomic mass is 9.93. The highest BCUT2D eigenvalue weighted by atomic mass is 16.1. The molecule has 0 radical (unpaired) electrons. The number of benzene rings is 1. The van der Waals surface area contributed by atoms with E-state index in [2.05, 4.69) is 43.5 Å². The molecule has 1 aliphatic rings. The number of aromatic amines is 1. The van der Waals surface area contributed by atoms with Crippen molar-refractivity contribution in [1.29, 1.82) is 0 Å². The molecule has 4 aromatic heterocycles. The monoisotopic (exact) mass is 501 g/mol. The SMILES string of the molecule is CC(C)CC(=O)Nc1cncc(-c2ccc3c(c2)C(c2nc4c(-c5cccnc5)cncc4[nH]2)=NCC3)c1. The third-order valence-corrected chi connectivity index (χ3v) is 6.56. The van der Waals surface area contributed by atoms with E-state index in [0.717, 1.165) is 51.0 Å². The summed E-state index contributed by atoms with van der Waals surface area (Å²) in [4.78, 5) is 38.6. The smallest absolute Gasteiger partial charge is 0.224 e. The van der Waals surface area contributed by atoms with Crippen LogP contribution in [0.5, 0.6) is 0 Å². The second kappa shape index (κ2) is 9.97. The molecule has 0 bridgehead atoms. The standard InChI is InChI=1S/C30H27N7O/c1-18(2)10-27(38)35-23-11-22(14-32-15-23)20-6-5-19-7-9-34-29(24(19)12-20)30-36-26-17-33-16-25(28(26)37-30)21-4-3-8-31-13-21/h3-6,8,11-18H,7,9-10H2,1-2H3,(H,35,38)(H,36,37). The van der Waals surface area contributed by atoms with Gasteiger partial charge in [-0.15, -0.1) is 0 Å². The first kappa shape index (κ1) is 23.7. The maximum absolute atomic E-state index is 12.3. The summed E-state index contributed by atoms with van der Waals surface area (Å²) in [6, 6.07) is 12.3. The van der Waals surface area contributed by atoms with E-state index in [-0.39, 0.29) is 5.91 Å². The van der Waals surface area contributed by atoms with Crippen molar-refractivity contribution < 1.29 is 4.79 Å². The molecule has 8 heteroatoms. The van der Waals surface area contributed by atoms with E-state index in [9.17, 15) is 4.79 Å². The molecule has 0 spiro atoms. The Morgan fingerprint density at radius 1 is 0.947 bits per heavy atom. The summed E-state index contributed by atoms with van der Waals surface area (Å²) in [5.74, 6) is 0.992. The molecule has 0 unspecified atom stereocenters. The van der Waals surface area contributed by atoms with Gasteiger partial charge in [-0.25, -0.2) is 4.98 Å². The van der Waals surface area contributed by atoms with E-state index in [1.54, 1.807) is 18.6 Å². The van der Waals surface area contributed by atoms with E-state index in [1.807, 2.05) is 50.6 Å². The Labute approximate surface area is 220 Å². The summed E-state index contributed by atoms with van der Waals surface area (Å²) >= 11 is 0. The van der Waals surface area contributed by atoms with E-state index in [0.29, 0.717) is 30.4 Å². The Bertz CT molecular complexity index is 1670. The molecular weight excluding hydrogens is 474 g/mol. The summed E-state index contributed by atoms with van der Waals surface area (Å²) in [6.45, 7) is 4.75. The number of rotatable bonds is 6. The fraction of sp³-hybridized carbons (Fsp3) is 0.200. The minimum atomic E-state index is -0.0103. The number of nitrogens with one attached hydrogen (secondary N) is 2. The van der Waals surface area contributed by atoms with Gasteiger partial charge in [0, 0.05) is 60.0 Å². The van der Waals surface area contributed by atoms with Crippen LogP contribution in [0, 0.1) is 5.92 Å². The number of aromatic nitrogens is 5. The molecule has 0 saturated heterocycles. The van der Waals surface area contributed by atoms with Crippen molar-refractivity contribution in [3.8, 4) is 22.3 Å². The maximum Gasteiger partial charge on any atom is 0.224 e. The molecule has 188 valence electrons. The number of H-pyrrole nitrogens is 1. The lowest BCUT2D eigenvalue weighted by Gasteiger charge is -2.17. The van der Waals surface area contributed by atoms with Crippen LogP contribution in [0.25, 0.3) is 33.3 Å². The zero-order valence-electron chi connectivity index (χ0n) is 21.3. The summed E-state index contributed by atoms with van der Waals surface area (Å²) in [7, 11) is 0. The fourth-order valence-corrected chi connectivity index (χ4v) is 4.80. The Morgan fingerprint density at radius 3 is 2.66 bits per heavy atom. The maximum atomic E-state index is 12.3. The second-order valence-corrected chi connectivity index (χ2v) is 9.87. The highest BCUT2D eigenvalue weighted by Crippen LogP contribution is 2.30. The molecule has 1 aliphatic heterocycles. The van der Waals surface area contributed by atoms with Gasteiger partial charge >= 0.3 is 0 Å². The predicted octanol–water partition coefficient (Wildman–Crippen LogP) is 5.46. The highest BCUT2D eigenvalue weighted by molar-refractivity contribution is 6.14. The van der Waals surface area contributed by atoms with Crippen LogP contribution < -0.4 is 5.32 Å². The van der Waals surface area contributed by atoms with Crippen LogP contribution in [-0.2, 0) is 11.2 Å². The third-order valence-electron chi connectivity index (χ3n) is 6.56. The molecule has 0 saturated carbocycles. The normalized spacial score (nSPS) is 12.9. The third kappa shape index (κ3) is 4.68. The van der Waals surface area contributed by atoms with Crippen molar-refractivity contribution in [3.63, 3.8) is 0 Å². The van der Waals surface area contributed by atoms with E-state index in [4.69, 9.17) is 9.98 Å². The van der Waals surface area contributed by atoms with Gasteiger partial charge in [-0.2, -0.15) is 0 Å². The summed E-state index contributed by atoms with van der Waals surface area (Å²) in [5.41, 5.74) is 9.27. The molecule has 0 atom stereocenters. The lowest BCUT2D eigenvalue weighted by molar-refractivity contribution is -0.116. The zero-order valence-corrected chi connectivity index (χ0v) is 21.3. The number of carbonyl (C=O) groups is 1. The minimum Gasteiger partial charge on any atom is -0.335 e. The topological polar surface area (TPSA) is 109 Å². The van der Waals surface area contributed by atoms with Crippen molar-refractivity contribution in [1.82, 2.24) is 24.9 Å². The number of aliphatic imine (C=N–C) groups is 1. The number of nitrogens with zero attached hydrogens (tertiary/aromatic N) is 5. The van der Waals surface area contributed by atoms with Crippen LogP contribution in [0.4, 0.5) is 5.69 Å². The Hall–Kier alpha value is -4.72. The number of imidazole rings is 1. The summed E-state index contributed by atoms with van der Waals surface area (Å²) < 4.78 is 0. The summed E-state index contributed by atoms with van der Waals surface area (Å²) in [5, 5.41) is 2.96. The molecule has 5 aromatic rings. The average Bonchev–Trinajstić information content (AvgIpc) is 3.37. The number of hydrogen-bond donors (Lipinski definition) is 2. The molecule has 38 heavy (non-hydrogen) atoms. The Balaban J connectivity index is 1.36. The van der Waals surface area contributed by atoms with Crippen LogP contribution in [0.3, 0.4) is 0 Å². The van der Waals surface area contributed by atoms with Gasteiger partial charge in [0.2, 0.25) is 5.91 Å². The predicted molar refractivity (Wildman–Crippen MR) is 149 cm³/mol. The number of anilines is 1. The Morgan fingerprint density at radius 2 is 1.82 bits per heavy atom. The molecule has 1 aromatic carbocycles. The van der Waals surface area contributed by atoms with Gasteiger partial charge in [0.15, 0.2) is 5.82 Å². The molecule has 5 heterocycles. The van der Waals surface area contributed by atoms with Crippen molar-refractivity contribution in [2.75, 3.05) is 11.9 Å². The van der Waals surface area contributed by atoms with Gasteiger partial charge in [-0.05, 0) is 41.7 Å². The first-order valence-electron chi connectivity index (χ1n) is 12.7. The van der Waals surface area contributed by atoms with Crippen molar-refractivity contribution in [2.24, 2.45) is 10.9 Å². The van der Waals surface area contributed by atoms with Gasteiger partial charge in [-0.3, -0.25) is 24.7 Å². The van der Waals surface area contributed by atoms with Crippen LogP contribution in [0.15, 0.2) is 78.6 Å². The quantitative estimate of drug-likeness (QED) is 0.321. The minimum absolute atomic E-state index is 0.0103. The average molecular weight is 502 g/mol.